The first-order valence-corrected chi connectivity index (χ1v) is 11.7. The third kappa shape index (κ3) is 8.01. The van der Waals surface area contributed by atoms with E-state index in [9.17, 15) is 18.8 Å². The summed E-state index contributed by atoms with van der Waals surface area (Å²) in [5.41, 5.74) is 0. The van der Waals surface area contributed by atoms with Crippen molar-refractivity contribution in [2.75, 3.05) is 0 Å². The Morgan fingerprint density at radius 2 is 1.38 bits per heavy atom. The van der Waals surface area contributed by atoms with Gasteiger partial charge in [0.2, 0.25) is 0 Å². The van der Waals surface area contributed by atoms with Crippen molar-refractivity contribution >= 4 is 21.5 Å². The molecule has 2 aromatic carbocycles. The molecule has 0 saturated heterocycles. The zero-order valence-electron chi connectivity index (χ0n) is 16.1. The minimum atomic E-state index is -4.89. The summed E-state index contributed by atoms with van der Waals surface area (Å²) in [6.45, 7) is 4.66. The summed E-state index contributed by atoms with van der Waals surface area (Å²) in [5, 5.41) is 2.31. The van der Waals surface area contributed by atoms with Gasteiger partial charge in [-0.05, 0) is 45.0 Å². The Bertz CT molecular complexity index is 891. The molecule has 0 aliphatic heterocycles. The number of para-hydroxylation sites is 2. The standard InChI is InChI=1S/C18H23NO8P2/c1-14(2)24-18(20)15(3)19-28(21,25-16-10-6-4-7-11-16)27-29(22,23)26-17-12-8-5-9-13-17/h4-15H,1-3H3,(H,19,21)(H,22,23)/t15-,28?/m0/s1. The molecular weight excluding hydrogens is 420 g/mol. The monoisotopic (exact) mass is 443 g/mol. The molecule has 2 rings (SSSR count). The number of hydrogen-bond acceptors (Lipinski definition) is 7. The highest BCUT2D eigenvalue weighted by Crippen LogP contribution is 2.60. The quantitative estimate of drug-likeness (QED) is 0.409. The van der Waals surface area contributed by atoms with Gasteiger partial charge in [0.1, 0.15) is 17.5 Å². The first-order chi connectivity index (χ1) is 13.6. The van der Waals surface area contributed by atoms with Crippen LogP contribution in [0.5, 0.6) is 11.5 Å². The molecule has 0 bridgehead atoms. The summed E-state index contributed by atoms with van der Waals surface area (Å²) in [5.74, 6) is -0.624. The van der Waals surface area contributed by atoms with Crippen LogP contribution in [-0.2, 0) is 23.0 Å². The molecule has 29 heavy (non-hydrogen) atoms. The first kappa shape index (κ1) is 23.1. The molecule has 9 nitrogen and oxygen atoms in total. The molecule has 3 atom stereocenters. The van der Waals surface area contributed by atoms with Crippen LogP contribution in [0.2, 0.25) is 0 Å². The second-order valence-electron chi connectivity index (χ2n) is 6.19. The number of carbonyl (C=O) groups excluding carboxylic acids is 1. The van der Waals surface area contributed by atoms with Gasteiger partial charge in [0.05, 0.1) is 6.10 Å². The first-order valence-electron chi connectivity index (χ1n) is 8.70. The van der Waals surface area contributed by atoms with Gasteiger partial charge in [-0.25, -0.2) is 9.13 Å². The van der Waals surface area contributed by atoms with Gasteiger partial charge in [0.25, 0.3) is 0 Å². The maximum absolute atomic E-state index is 13.2. The van der Waals surface area contributed by atoms with Crippen molar-refractivity contribution in [3.8, 4) is 11.5 Å². The van der Waals surface area contributed by atoms with Gasteiger partial charge in [0.15, 0.2) is 0 Å². The minimum absolute atomic E-state index is 0.0249. The van der Waals surface area contributed by atoms with Gasteiger partial charge in [-0.15, -0.1) is 0 Å². The topological polar surface area (TPSA) is 120 Å². The molecule has 0 aliphatic rings. The molecule has 2 aromatic rings. The van der Waals surface area contributed by atoms with Crippen molar-refractivity contribution in [2.45, 2.75) is 32.9 Å². The van der Waals surface area contributed by atoms with Crippen LogP contribution in [0.25, 0.3) is 0 Å². The number of nitrogens with one attached hydrogen (secondary N) is 1. The van der Waals surface area contributed by atoms with E-state index in [1.807, 2.05) is 0 Å². The summed E-state index contributed by atoms with van der Waals surface area (Å²) in [4.78, 5) is 22.1. The van der Waals surface area contributed by atoms with E-state index >= 15 is 0 Å². The van der Waals surface area contributed by atoms with Crippen molar-refractivity contribution < 1.29 is 36.9 Å². The fourth-order valence-electron chi connectivity index (χ4n) is 2.08. The Kier molecular flexibility index (Phi) is 8.02. The highest BCUT2D eigenvalue weighted by atomic mass is 31.3. The number of esters is 1. The summed E-state index contributed by atoms with van der Waals surface area (Å²) in [6, 6.07) is 14.4. The van der Waals surface area contributed by atoms with Crippen LogP contribution in [0, 0.1) is 0 Å². The number of ether oxygens (including phenoxy) is 1. The lowest BCUT2D eigenvalue weighted by atomic mass is 10.3. The van der Waals surface area contributed by atoms with E-state index in [0.29, 0.717) is 0 Å². The lowest BCUT2D eigenvalue weighted by molar-refractivity contribution is -0.149. The number of benzene rings is 2. The van der Waals surface area contributed by atoms with Gasteiger partial charge in [-0.3, -0.25) is 9.69 Å². The van der Waals surface area contributed by atoms with E-state index in [1.54, 1.807) is 50.2 Å². The van der Waals surface area contributed by atoms with Gasteiger partial charge >= 0.3 is 21.5 Å². The lowest BCUT2D eigenvalue weighted by Crippen LogP contribution is -2.36. The van der Waals surface area contributed by atoms with E-state index in [4.69, 9.17) is 18.1 Å². The molecular formula is C18H23NO8P2. The van der Waals surface area contributed by atoms with Crippen molar-refractivity contribution in [3.05, 3.63) is 60.7 Å². The molecule has 0 aliphatic carbocycles. The minimum Gasteiger partial charge on any atom is -0.462 e. The molecule has 158 valence electrons. The second-order valence-corrected chi connectivity index (χ2v) is 9.40. The average molecular weight is 443 g/mol. The van der Waals surface area contributed by atoms with Crippen LogP contribution in [0.1, 0.15) is 20.8 Å². The highest BCUT2D eigenvalue weighted by molar-refractivity contribution is 7.63. The largest absolute Gasteiger partial charge is 0.536 e. The number of hydrogen-bond donors (Lipinski definition) is 2. The van der Waals surface area contributed by atoms with Crippen molar-refractivity contribution in [1.82, 2.24) is 5.09 Å². The summed E-state index contributed by atoms with van der Waals surface area (Å²) in [6.07, 6.45) is -0.410. The third-order valence-electron chi connectivity index (χ3n) is 3.20. The van der Waals surface area contributed by atoms with Crippen LogP contribution in [0.3, 0.4) is 0 Å². The van der Waals surface area contributed by atoms with Gasteiger partial charge in [-0.2, -0.15) is 9.40 Å². The van der Waals surface area contributed by atoms with E-state index in [0.717, 1.165) is 0 Å². The maximum Gasteiger partial charge on any atom is 0.536 e. The molecule has 0 spiro atoms. The van der Waals surface area contributed by atoms with Crippen LogP contribution in [0.15, 0.2) is 60.7 Å². The van der Waals surface area contributed by atoms with Crippen molar-refractivity contribution in [3.63, 3.8) is 0 Å². The highest BCUT2D eigenvalue weighted by Gasteiger charge is 2.41. The van der Waals surface area contributed by atoms with Crippen LogP contribution in [-0.4, -0.2) is 23.0 Å². The van der Waals surface area contributed by atoms with Crippen LogP contribution in [0.4, 0.5) is 0 Å². The fourth-order valence-corrected chi connectivity index (χ4v) is 5.04. The molecule has 0 amide bonds. The second kappa shape index (κ2) is 10.1. The van der Waals surface area contributed by atoms with E-state index in [2.05, 4.69) is 5.09 Å². The average Bonchev–Trinajstić information content (AvgIpc) is 2.61. The molecule has 0 saturated carbocycles. The summed E-state index contributed by atoms with van der Waals surface area (Å²) >= 11 is 0. The summed E-state index contributed by atoms with van der Waals surface area (Å²) < 4.78 is 45.8. The van der Waals surface area contributed by atoms with Gasteiger partial charge in [-0.1, -0.05) is 36.4 Å². The molecule has 0 radical (unpaired) electrons. The molecule has 0 fully saturated rings. The predicted molar refractivity (Wildman–Crippen MR) is 106 cm³/mol. The smallest absolute Gasteiger partial charge is 0.462 e. The number of carbonyl (C=O) groups is 1. The Hall–Kier alpha value is -2.15. The fraction of sp³-hybridized carbons (Fsp3) is 0.278. The lowest BCUT2D eigenvalue weighted by Gasteiger charge is -2.24. The molecule has 0 aromatic heterocycles. The van der Waals surface area contributed by atoms with Crippen molar-refractivity contribution in [2.24, 2.45) is 0 Å². The van der Waals surface area contributed by atoms with Crippen LogP contribution >= 0.6 is 15.6 Å². The molecule has 0 heterocycles. The van der Waals surface area contributed by atoms with E-state index in [1.165, 1.54) is 31.2 Å². The number of phosphoric ester groups is 1. The molecule has 11 heteroatoms. The normalized spacial score (nSPS) is 16.3. The van der Waals surface area contributed by atoms with E-state index < -0.39 is 33.7 Å². The predicted octanol–water partition coefficient (Wildman–Crippen LogP) is 4.30. The number of rotatable bonds is 10. The Morgan fingerprint density at radius 3 is 1.86 bits per heavy atom. The molecule has 2 N–H and O–H groups in total. The Morgan fingerprint density at radius 1 is 0.897 bits per heavy atom. The third-order valence-corrected chi connectivity index (χ3v) is 6.48. The summed E-state index contributed by atoms with van der Waals surface area (Å²) in [7, 11) is -9.43. The molecule has 2 unspecified atom stereocenters. The van der Waals surface area contributed by atoms with Crippen LogP contribution < -0.4 is 14.1 Å². The van der Waals surface area contributed by atoms with E-state index in [-0.39, 0.29) is 11.5 Å². The SMILES string of the molecule is CC(C)OC(=O)[C@H](C)NP(=O)(Oc1ccccc1)OP(=O)(O)Oc1ccccc1. The van der Waals surface area contributed by atoms with Crippen molar-refractivity contribution in [1.29, 1.82) is 0 Å². The van der Waals surface area contributed by atoms with Gasteiger partial charge in [0, 0.05) is 0 Å². The maximum atomic E-state index is 13.2. The number of phosphoric acid groups is 1. The Labute approximate surface area is 169 Å². The zero-order chi connectivity index (χ0) is 21.5. The Balaban J connectivity index is 2.22. The zero-order valence-corrected chi connectivity index (χ0v) is 17.9. The van der Waals surface area contributed by atoms with Gasteiger partial charge < -0.3 is 13.8 Å².